The van der Waals surface area contributed by atoms with Crippen molar-refractivity contribution in [3.63, 3.8) is 0 Å². The number of hydrogen-bond acceptors (Lipinski definition) is 4. The third-order valence-corrected chi connectivity index (χ3v) is 4.28. The van der Waals surface area contributed by atoms with Crippen LogP contribution in [0.4, 0.5) is 5.69 Å². The molecule has 0 spiro atoms. The molecule has 0 radical (unpaired) electrons. The van der Waals surface area contributed by atoms with Gasteiger partial charge in [-0.15, -0.1) is 0 Å². The summed E-state index contributed by atoms with van der Waals surface area (Å²) in [6.07, 6.45) is 2.05. The fourth-order valence-corrected chi connectivity index (χ4v) is 2.86. The number of anilines is 1. The zero-order valence-electron chi connectivity index (χ0n) is 14.7. The van der Waals surface area contributed by atoms with Gasteiger partial charge in [-0.3, -0.25) is 9.59 Å². The number of carboxylic acid groups (broad SMARTS) is 1. The van der Waals surface area contributed by atoms with Crippen molar-refractivity contribution >= 4 is 23.5 Å². The first-order valence-corrected chi connectivity index (χ1v) is 8.68. The number of hydrogen-bond donors (Lipinski definition) is 2. The molecule has 7 nitrogen and oxygen atoms in total. The summed E-state index contributed by atoms with van der Waals surface area (Å²) in [5.41, 5.74) is 0.775. The first-order chi connectivity index (χ1) is 13.0. The number of carbonyl (C=O) groups excluding carboxylic acids is 2. The van der Waals surface area contributed by atoms with Crippen molar-refractivity contribution in [1.29, 1.82) is 0 Å². The maximum absolute atomic E-state index is 12.3. The molecule has 1 aliphatic rings. The van der Waals surface area contributed by atoms with E-state index in [-0.39, 0.29) is 23.6 Å². The monoisotopic (exact) mass is 368 g/mol. The topological polar surface area (TPSA) is 95.9 Å². The van der Waals surface area contributed by atoms with Crippen molar-refractivity contribution in [2.75, 3.05) is 25.0 Å². The van der Waals surface area contributed by atoms with Gasteiger partial charge in [0.25, 0.3) is 11.8 Å². The van der Waals surface area contributed by atoms with Gasteiger partial charge in [-0.2, -0.15) is 0 Å². The number of ether oxygens (including phenoxy) is 1. The van der Waals surface area contributed by atoms with E-state index in [4.69, 9.17) is 9.84 Å². The van der Waals surface area contributed by atoms with E-state index in [0.717, 1.165) is 25.9 Å². The fourth-order valence-electron chi connectivity index (χ4n) is 2.86. The Morgan fingerprint density at radius 3 is 2.44 bits per heavy atom. The van der Waals surface area contributed by atoms with E-state index in [1.54, 1.807) is 29.2 Å². The maximum Gasteiger partial charge on any atom is 0.335 e. The molecule has 0 aromatic heterocycles. The third kappa shape index (κ3) is 4.84. The van der Waals surface area contributed by atoms with E-state index < -0.39 is 11.9 Å². The molecule has 1 saturated heterocycles. The van der Waals surface area contributed by atoms with Crippen LogP contribution in [0, 0.1) is 0 Å². The number of likely N-dealkylation sites (tertiary alicyclic amines) is 1. The molecule has 0 aliphatic carbocycles. The Bertz CT molecular complexity index is 859. The third-order valence-electron chi connectivity index (χ3n) is 4.28. The zero-order chi connectivity index (χ0) is 19.2. The molecule has 3 rings (SSSR count). The number of nitrogens with one attached hydrogen (secondary N) is 1. The molecule has 0 unspecified atom stereocenters. The quantitative estimate of drug-likeness (QED) is 0.817. The Balaban J connectivity index is 1.61. The summed E-state index contributed by atoms with van der Waals surface area (Å²) in [6, 6.07) is 12.5. The lowest BCUT2D eigenvalue weighted by molar-refractivity contribution is -0.132. The summed E-state index contributed by atoms with van der Waals surface area (Å²) < 4.78 is 5.54. The molecule has 0 atom stereocenters. The molecule has 2 aromatic carbocycles. The Morgan fingerprint density at radius 2 is 1.70 bits per heavy atom. The normalized spacial score (nSPS) is 13.3. The minimum Gasteiger partial charge on any atom is -0.484 e. The van der Waals surface area contributed by atoms with Gasteiger partial charge in [-0.25, -0.2) is 4.79 Å². The van der Waals surface area contributed by atoms with Crippen molar-refractivity contribution in [3.8, 4) is 5.75 Å². The minimum atomic E-state index is -1.09. The number of nitrogens with zero attached hydrogens (tertiary/aromatic N) is 1. The number of amides is 2. The van der Waals surface area contributed by atoms with E-state index in [9.17, 15) is 14.4 Å². The first kappa shape index (κ1) is 18.4. The van der Waals surface area contributed by atoms with Crippen molar-refractivity contribution in [2.24, 2.45) is 0 Å². The smallest absolute Gasteiger partial charge is 0.335 e. The van der Waals surface area contributed by atoms with Crippen molar-refractivity contribution in [2.45, 2.75) is 12.8 Å². The highest BCUT2D eigenvalue weighted by molar-refractivity contribution is 6.05. The lowest BCUT2D eigenvalue weighted by Gasteiger charge is -2.15. The molecule has 27 heavy (non-hydrogen) atoms. The lowest BCUT2D eigenvalue weighted by atomic mass is 10.1. The fraction of sp³-hybridized carbons (Fsp3) is 0.250. The minimum absolute atomic E-state index is 0.0418. The molecule has 1 heterocycles. The summed E-state index contributed by atoms with van der Waals surface area (Å²) in [6.45, 7) is 1.50. The Labute approximate surface area is 156 Å². The second-order valence-corrected chi connectivity index (χ2v) is 6.24. The average Bonchev–Trinajstić information content (AvgIpc) is 3.21. The Hall–Kier alpha value is -3.35. The number of benzene rings is 2. The van der Waals surface area contributed by atoms with E-state index in [1.807, 2.05) is 0 Å². The molecular formula is C20H20N2O5. The van der Waals surface area contributed by atoms with E-state index >= 15 is 0 Å². The van der Waals surface area contributed by atoms with Gasteiger partial charge in [-0.1, -0.05) is 12.1 Å². The van der Waals surface area contributed by atoms with E-state index in [0.29, 0.717) is 11.4 Å². The largest absolute Gasteiger partial charge is 0.484 e. The summed E-state index contributed by atoms with van der Waals surface area (Å²) in [4.78, 5) is 37.2. The van der Waals surface area contributed by atoms with Gasteiger partial charge in [0, 0.05) is 30.4 Å². The Morgan fingerprint density at radius 1 is 1.00 bits per heavy atom. The van der Waals surface area contributed by atoms with Gasteiger partial charge >= 0.3 is 5.97 Å². The summed E-state index contributed by atoms with van der Waals surface area (Å²) in [5.74, 6) is -1.10. The molecule has 140 valence electrons. The van der Waals surface area contributed by atoms with Gasteiger partial charge < -0.3 is 20.1 Å². The highest BCUT2D eigenvalue weighted by Crippen LogP contribution is 2.19. The first-order valence-electron chi connectivity index (χ1n) is 8.68. The van der Waals surface area contributed by atoms with Gasteiger partial charge in [0.05, 0.1) is 5.56 Å². The second kappa shape index (κ2) is 8.35. The van der Waals surface area contributed by atoms with Crippen LogP contribution in [-0.2, 0) is 4.79 Å². The van der Waals surface area contributed by atoms with Crippen LogP contribution in [0.2, 0.25) is 0 Å². The number of carboxylic acids is 1. The maximum atomic E-state index is 12.3. The van der Waals surface area contributed by atoms with Crippen LogP contribution in [0.1, 0.15) is 33.6 Å². The molecule has 1 aliphatic heterocycles. The van der Waals surface area contributed by atoms with E-state index in [1.165, 1.54) is 24.3 Å². The summed E-state index contributed by atoms with van der Waals surface area (Å²) in [7, 11) is 0. The SMILES string of the molecule is O=C(O)c1cccc(C(=O)Nc2cccc(OCC(=O)N3CCCC3)c2)c1. The molecule has 7 heteroatoms. The van der Waals surface area contributed by atoms with Crippen molar-refractivity contribution in [3.05, 3.63) is 59.7 Å². The van der Waals surface area contributed by atoms with Crippen LogP contribution >= 0.6 is 0 Å². The summed E-state index contributed by atoms with van der Waals surface area (Å²) in [5, 5.41) is 11.7. The van der Waals surface area contributed by atoms with Gasteiger partial charge in [-0.05, 0) is 43.2 Å². The van der Waals surface area contributed by atoms with E-state index in [2.05, 4.69) is 5.32 Å². The van der Waals surface area contributed by atoms with Crippen molar-refractivity contribution < 1.29 is 24.2 Å². The number of carbonyl (C=O) groups is 3. The standard InChI is InChI=1S/C20H20N2O5/c23-18(22-9-1-2-10-22)13-27-17-8-4-7-16(12-17)21-19(24)14-5-3-6-15(11-14)20(25)26/h3-8,11-12H,1-2,9-10,13H2,(H,21,24)(H,25,26). The summed E-state index contributed by atoms with van der Waals surface area (Å²) >= 11 is 0. The van der Waals surface area contributed by atoms with Crippen LogP contribution in [0.5, 0.6) is 5.75 Å². The molecule has 2 amide bonds. The van der Waals surface area contributed by atoms with Crippen LogP contribution in [0.15, 0.2) is 48.5 Å². The molecular weight excluding hydrogens is 348 g/mol. The highest BCUT2D eigenvalue weighted by atomic mass is 16.5. The van der Waals surface area contributed by atoms with Crippen LogP contribution < -0.4 is 10.1 Å². The lowest BCUT2D eigenvalue weighted by Crippen LogP contribution is -2.32. The second-order valence-electron chi connectivity index (χ2n) is 6.24. The number of aromatic carboxylic acids is 1. The average molecular weight is 368 g/mol. The van der Waals surface area contributed by atoms with Crippen LogP contribution in [0.25, 0.3) is 0 Å². The Kier molecular flexibility index (Phi) is 5.71. The zero-order valence-corrected chi connectivity index (χ0v) is 14.7. The molecule has 0 bridgehead atoms. The molecule has 2 aromatic rings. The molecule has 1 fully saturated rings. The van der Waals surface area contributed by atoms with Gasteiger partial charge in [0.15, 0.2) is 6.61 Å². The van der Waals surface area contributed by atoms with Crippen molar-refractivity contribution in [1.82, 2.24) is 4.90 Å². The predicted octanol–water partition coefficient (Wildman–Crippen LogP) is 2.64. The highest BCUT2D eigenvalue weighted by Gasteiger charge is 2.18. The van der Waals surface area contributed by atoms with Gasteiger partial charge in [0.2, 0.25) is 0 Å². The molecule has 0 saturated carbocycles. The predicted molar refractivity (Wildman–Crippen MR) is 99.1 cm³/mol. The number of rotatable bonds is 6. The van der Waals surface area contributed by atoms with Gasteiger partial charge in [0.1, 0.15) is 5.75 Å². The van der Waals surface area contributed by atoms with Crippen LogP contribution in [-0.4, -0.2) is 47.5 Å². The molecule has 2 N–H and O–H groups in total. The van der Waals surface area contributed by atoms with Crippen LogP contribution in [0.3, 0.4) is 0 Å².